The third-order valence-electron chi connectivity index (χ3n) is 4.69. The van der Waals surface area contributed by atoms with Crippen molar-refractivity contribution in [3.05, 3.63) is 72.6 Å². The van der Waals surface area contributed by atoms with E-state index in [1.807, 2.05) is 47.9 Å². The maximum atomic E-state index is 12.3. The highest BCUT2D eigenvalue weighted by Crippen LogP contribution is 2.28. The molecule has 0 fully saturated rings. The van der Waals surface area contributed by atoms with Crippen LogP contribution in [0.1, 0.15) is 12.5 Å². The standard InChI is InChI=1S/C24H22N6O4S/c1-2-34-19-8-6-18(7-9-19)30-23(17-4-3-11-25-14-17)28-29-24(30)35-15-22(33)27-26-13-16-5-10-20(31)21(32)12-16/h3-14,31-32H,2,15H2,1H3,(H,27,33). The number of nitrogens with zero attached hydrogens (tertiary/aromatic N) is 5. The number of ether oxygens (including phenoxy) is 1. The molecule has 2 aromatic carbocycles. The molecule has 178 valence electrons. The monoisotopic (exact) mass is 490 g/mol. The highest BCUT2D eigenvalue weighted by molar-refractivity contribution is 7.99. The van der Waals surface area contributed by atoms with E-state index in [9.17, 15) is 15.0 Å². The van der Waals surface area contributed by atoms with Gasteiger partial charge in [0.1, 0.15) is 5.75 Å². The van der Waals surface area contributed by atoms with Crippen LogP contribution >= 0.6 is 11.8 Å². The number of phenols is 2. The van der Waals surface area contributed by atoms with Gasteiger partial charge in [-0.15, -0.1) is 10.2 Å². The largest absolute Gasteiger partial charge is 0.504 e. The normalized spacial score (nSPS) is 11.0. The van der Waals surface area contributed by atoms with Crippen LogP contribution in [0, 0.1) is 0 Å². The number of thioether (sulfide) groups is 1. The number of amides is 1. The number of rotatable bonds is 9. The van der Waals surface area contributed by atoms with Gasteiger partial charge in [0.05, 0.1) is 18.6 Å². The fourth-order valence-electron chi connectivity index (χ4n) is 3.10. The summed E-state index contributed by atoms with van der Waals surface area (Å²) in [4.78, 5) is 16.5. The predicted octanol–water partition coefficient (Wildman–Crippen LogP) is 3.38. The van der Waals surface area contributed by atoms with Gasteiger partial charge >= 0.3 is 0 Å². The van der Waals surface area contributed by atoms with Crippen molar-refractivity contribution in [2.24, 2.45) is 5.10 Å². The van der Waals surface area contributed by atoms with Gasteiger partial charge in [-0.2, -0.15) is 5.10 Å². The molecule has 2 heterocycles. The second-order valence-corrected chi connectivity index (χ2v) is 8.08. The summed E-state index contributed by atoms with van der Waals surface area (Å²) in [6.45, 7) is 2.49. The molecule has 0 atom stereocenters. The van der Waals surface area contributed by atoms with Crippen LogP contribution in [0.4, 0.5) is 0 Å². The number of pyridine rings is 1. The number of nitrogens with one attached hydrogen (secondary N) is 1. The number of aromatic nitrogens is 4. The molecule has 0 unspecified atom stereocenters. The van der Waals surface area contributed by atoms with E-state index in [-0.39, 0.29) is 23.2 Å². The van der Waals surface area contributed by atoms with Gasteiger partial charge in [0.15, 0.2) is 22.5 Å². The van der Waals surface area contributed by atoms with E-state index in [0.717, 1.165) is 17.0 Å². The molecule has 10 nitrogen and oxygen atoms in total. The first-order valence-corrected chi connectivity index (χ1v) is 11.6. The molecule has 11 heteroatoms. The van der Waals surface area contributed by atoms with Crippen LogP contribution in [0.3, 0.4) is 0 Å². The molecule has 0 radical (unpaired) electrons. The van der Waals surface area contributed by atoms with E-state index in [1.165, 1.54) is 30.1 Å². The summed E-state index contributed by atoms with van der Waals surface area (Å²) in [5, 5.41) is 31.9. The summed E-state index contributed by atoms with van der Waals surface area (Å²) in [5.74, 6) is 0.536. The molecule has 2 aromatic heterocycles. The fourth-order valence-corrected chi connectivity index (χ4v) is 3.84. The number of hydrogen-bond donors (Lipinski definition) is 3. The zero-order chi connectivity index (χ0) is 24.6. The van der Waals surface area contributed by atoms with Crippen molar-refractivity contribution >= 4 is 23.9 Å². The summed E-state index contributed by atoms with van der Waals surface area (Å²) in [5.41, 5.74) is 4.55. The summed E-state index contributed by atoms with van der Waals surface area (Å²) in [7, 11) is 0. The third kappa shape index (κ3) is 5.95. The SMILES string of the molecule is CCOc1ccc(-n2c(SCC(=O)NN=Cc3ccc(O)c(O)c3)nnc2-c2cccnc2)cc1. The molecule has 0 bridgehead atoms. The molecule has 0 aliphatic rings. The van der Waals surface area contributed by atoms with E-state index in [0.29, 0.717) is 23.2 Å². The van der Waals surface area contributed by atoms with Crippen LogP contribution < -0.4 is 10.2 Å². The van der Waals surface area contributed by atoms with E-state index in [4.69, 9.17) is 4.74 Å². The minimum absolute atomic E-state index is 0.0420. The fraction of sp³-hybridized carbons (Fsp3) is 0.125. The molecule has 4 aromatic rings. The Kier molecular flexibility index (Phi) is 7.58. The van der Waals surface area contributed by atoms with Gasteiger partial charge < -0.3 is 14.9 Å². The Bertz CT molecular complexity index is 1330. The van der Waals surface area contributed by atoms with Crippen molar-refractivity contribution in [2.45, 2.75) is 12.1 Å². The zero-order valence-electron chi connectivity index (χ0n) is 18.7. The predicted molar refractivity (Wildman–Crippen MR) is 132 cm³/mol. The molecule has 0 saturated heterocycles. The van der Waals surface area contributed by atoms with Crippen molar-refractivity contribution in [2.75, 3.05) is 12.4 Å². The number of hydrazone groups is 1. The Morgan fingerprint density at radius 1 is 1.14 bits per heavy atom. The van der Waals surface area contributed by atoms with Crippen molar-refractivity contribution < 1.29 is 19.7 Å². The van der Waals surface area contributed by atoms with Crippen molar-refractivity contribution in [3.63, 3.8) is 0 Å². The van der Waals surface area contributed by atoms with Gasteiger partial charge in [-0.05, 0) is 67.1 Å². The zero-order valence-corrected chi connectivity index (χ0v) is 19.5. The van der Waals surface area contributed by atoms with Crippen LogP contribution in [-0.4, -0.2) is 54.4 Å². The lowest BCUT2D eigenvalue weighted by molar-refractivity contribution is -0.118. The lowest BCUT2D eigenvalue weighted by atomic mass is 10.2. The van der Waals surface area contributed by atoms with Crippen LogP contribution in [0.15, 0.2) is 77.2 Å². The second-order valence-electron chi connectivity index (χ2n) is 7.14. The topological polar surface area (TPSA) is 135 Å². The second kappa shape index (κ2) is 11.2. The third-order valence-corrected chi connectivity index (χ3v) is 5.62. The highest BCUT2D eigenvalue weighted by Gasteiger charge is 2.17. The van der Waals surface area contributed by atoms with E-state index in [1.54, 1.807) is 18.5 Å². The molecule has 1 amide bonds. The summed E-state index contributed by atoms with van der Waals surface area (Å²) >= 11 is 1.21. The Hall–Kier alpha value is -4.38. The van der Waals surface area contributed by atoms with Gasteiger partial charge in [0.2, 0.25) is 0 Å². The number of carbonyl (C=O) groups is 1. The Morgan fingerprint density at radius 3 is 2.69 bits per heavy atom. The van der Waals surface area contributed by atoms with E-state index >= 15 is 0 Å². The quantitative estimate of drug-likeness (QED) is 0.141. The first-order chi connectivity index (χ1) is 17.0. The number of carbonyl (C=O) groups excluding carboxylic acids is 1. The van der Waals surface area contributed by atoms with Crippen molar-refractivity contribution in [3.8, 4) is 34.3 Å². The highest BCUT2D eigenvalue weighted by atomic mass is 32.2. The molecule has 0 aliphatic heterocycles. The summed E-state index contributed by atoms with van der Waals surface area (Å²) < 4.78 is 7.39. The Morgan fingerprint density at radius 2 is 1.97 bits per heavy atom. The number of hydrogen-bond acceptors (Lipinski definition) is 9. The minimum atomic E-state index is -0.349. The first-order valence-electron chi connectivity index (χ1n) is 10.6. The van der Waals surface area contributed by atoms with Crippen molar-refractivity contribution in [1.29, 1.82) is 0 Å². The maximum Gasteiger partial charge on any atom is 0.250 e. The molecule has 3 N–H and O–H groups in total. The van der Waals surface area contributed by atoms with E-state index in [2.05, 4.69) is 25.7 Å². The first kappa shape index (κ1) is 23.8. The summed E-state index contributed by atoms with van der Waals surface area (Å²) in [6, 6.07) is 15.5. The van der Waals surface area contributed by atoms with Gasteiger partial charge in [-0.3, -0.25) is 14.3 Å². The van der Waals surface area contributed by atoms with Crippen LogP contribution in [0.5, 0.6) is 17.2 Å². The van der Waals surface area contributed by atoms with Gasteiger partial charge in [0, 0.05) is 23.6 Å². The van der Waals surface area contributed by atoms with Crippen LogP contribution in [-0.2, 0) is 4.79 Å². The number of benzene rings is 2. The molecule has 4 rings (SSSR count). The average molecular weight is 491 g/mol. The minimum Gasteiger partial charge on any atom is -0.504 e. The number of phenolic OH excluding ortho intramolecular Hbond substituents is 2. The molecule has 0 aliphatic carbocycles. The van der Waals surface area contributed by atoms with Gasteiger partial charge in [-0.1, -0.05) is 11.8 Å². The van der Waals surface area contributed by atoms with Gasteiger partial charge in [0.25, 0.3) is 5.91 Å². The van der Waals surface area contributed by atoms with E-state index < -0.39 is 0 Å². The smallest absolute Gasteiger partial charge is 0.250 e. The molecule has 35 heavy (non-hydrogen) atoms. The molecular formula is C24H22N6O4S. The van der Waals surface area contributed by atoms with Crippen LogP contribution in [0.2, 0.25) is 0 Å². The van der Waals surface area contributed by atoms with Crippen molar-refractivity contribution in [1.82, 2.24) is 25.2 Å². The molecule has 0 saturated carbocycles. The lowest BCUT2D eigenvalue weighted by Crippen LogP contribution is -2.20. The Labute approximate surface area is 205 Å². The average Bonchev–Trinajstić information content (AvgIpc) is 3.30. The molecular weight excluding hydrogens is 468 g/mol. The number of aromatic hydroxyl groups is 2. The Balaban J connectivity index is 1.50. The summed E-state index contributed by atoms with van der Waals surface area (Å²) in [6.07, 6.45) is 4.75. The van der Waals surface area contributed by atoms with Gasteiger partial charge in [-0.25, -0.2) is 5.43 Å². The lowest BCUT2D eigenvalue weighted by Gasteiger charge is -2.11. The molecule has 0 spiro atoms. The van der Waals surface area contributed by atoms with Crippen LogP contribution in [0.25, 0.3) is 17.1 Å². The maximum absolute atomic E-state index is 12.3.